The third-order valence-corrected chi connectivity index (χ3v) is 7.43. The third-order valence-electron chi connectivity index (χ3n) is 5.81. The number of ether oxygens (including phenoxy) is 4. The van der Waals surface area contributed by atoms with Gasteiger partial charge < -0.3 is 28.6 Å². The second-order valence-electron chi connectivity index (χ2n) is 8.66. The Balaban J connectivity index is 1.71. The molecule has 0 fully saturated rings. The van der Waals surface area contributed by atoms with E-state index in [0.29, 0.717) is 22.6 Å². The first kappa shape index (κ1) is 29.2. The molecule has 2 aromatic carbocycles. The minimum Gasteiger partial charge on any atom is -0.507 e. The molecule has 0 aromatic heterocycles. The van der Waals surface area contributed by atoms with E-state index in [-0.39, 0.29) is 37.6 Å². The average molecular weight is 549 g/mol. The summed E-state index contributed by atoms with van der Waals surface area (Å²) in [6.45, 7) is 7.00. The zero-order valence-corrected chi connectivity index (χ0v) is 23.0. The molecule has 0 saturated carbocycles. The average Bonchev–Trinajstić information content (AvgIpc) is 3.27. The zero-order valence-electron chi connectivity index (χ0n) is 22.1. The van der Waals surface area contributed by atoms with Crippen molar-refractivity contribution in [2.45, 2.75) is 46.8 Å². The maximum atomic E-state index is 13.5. The van der Waals surface area contributed by atoms with Crippen LogP contribution in [0.15, 0.2) is 42.0 Å². The molecule has 1 heterocycles. The van der Waals surface area contributed by atoms with E-state index in [1.807, 2.05) is 6.92 Å². The van der Waals surface area contributed by atoms with Gasteiger partial charge in [-0.2, -0.15) is 0 Å². The number of carbonyl (C=O) groups excluding carboxylic acids is 2. The lowest BCUT2D eigenvalue weighted by molar-refractivity contribution is -0.150. The highest BCUT2D eigenvalue weighted by Gasteiger charge is 2.34. The molecule has 0 aliphatic carbocycles. The van der Waals surface area contributed by atoms with Crippen LogP contribution < -0.4 is 9.26 Å². The van der Waals surface area contributed by atoms with E-state index in [1.165, 1.54) is 14.0 Å². The number of benzene rings is 2. The van der Waals surface area contributed by atoms with Gasteiger partial charge in [-0.05, 0) is 51.8 Å². The minimum atomic E-state index is -3.91. The van der Waals surface area contributed by atoms with Crippen molar-refractivity contribution >= 4 is 19.5 Å². The molecular formula is C27H33O10P. The van der Waals surface area contributed by atoms with Gasteiger partial charge in [-0.3, -0.25) is 4.52 Å². The third kappa shape index (κ3) is 6.95. The molecule has 11 heteroatoms. The first-order chi connectivity index (χ1) is 18.1. The number of rotatable bonds is 13. The Bertz CT molecular complexity index is 1240. The van der Waals surface area contributed by atoms with Gasteiger partial charge in [0.25, 0.3) is 0 Å². The van der Waals surface area contributed by atoms with Crippen molar-refractivity contribution in [3.63, 3.8) is 0 Å². The van der Waals surface area contributed by atoms with Crippen molar-refractivity contribution in [1.29, 1.82) is 0 Å². The number of fused-ring (bicyclic) bond motifs is 1. The highest BCUT2D eigenvalue weighted by molar-refractivity contribution is 7.54. The number of esters is 2. The number of cyclic esters (lactones) is 1. The topological polar surface area (TPSA) is 127 Å². The van der Waals surface area contributed by atoms with Gasteiger partial charge in [0.05, 0.1) is 20.3 Å². The molecule has 206 valence electrons. The maximum Gasteiger partial charge on any atom is 0.405 e. The molecule has 0 amide bonds. The van der Waals surface area contributed by atoms with Crippen LogP contribution in [-0.4, -0.2) is 49.8 Å². The summed E-state index contributed by atoms with van der Waals surface area (Å²) in [5.41, 5.74) is 2.70. The number of carbonyl (C=O) groups is 2. The van der Waals surface area contributed by atoms with E-state index < -0.39 is 32.0 Å². The van der Waals surface area contributed by atoms with Gasteiger partial charge in [-0.1, -0.05) is 29.8 Å². The summed E-state index contributed by atoms with van der Waals surface area (Å²) < 4.78 is 45.8. The summed E-state index contributed by atoms with van der Waals surface area (Å²) in [6, 6.07) is 8.44. The van der Waals surface area contributed by atoms with Crippen LogP contribution in [0.4, 0.5) is 0 Å². The second kappa shape index (κ2) is 13.0. The van der Waals surface area contributed by atoms with Gasteiger partial charge in [0.1, 0.15) is 29.4 Å². The number of hydrogen-bond acceptors (Lipinski definition) is 10. The Morgan fingerprint density at radius 3 is 2.63 bits per heavy atom. The van der Waals surface area contributed by atoms with E-state index in [2.05, 4.69) is 0 Å². The van der Waals surface area contributed by atoms with Crippen LogP contribution in [0.2, 0.25) is 0 Å². The Morgan fingerprint density at radius 1 is 1.26 bits per heavy atom. The molecule has 2 atom stereocenters. The lowest BCUT2D eigenvalue weighted by Gasteiger charge is -2.22. The molecule has 2 aromatic rings. The number of allylic oxidation sites excluding steroid dienone is 1. The summed E-state index contributed by atoms with van der Waals surface area (Å²) in [4.78, 5) is 24.1. The van der Waals surface area contributed by atoms with Gasteiger partial charge in [-0.15, -0.1) is 0 Å². The number of methoxy groups -OCH3 is 1. The lowest BCUT2D eigenvalue weighted by Crippen LogP contribution is -2.24. The molecule has 1 aliphatic heterocycles. The fourth-order valence-corrected chi connectivity index (χ4v) is 5.43. The van der Waals surface area contributed by atoms with Crippen LogP contribution in [0.1, 0.15) is 47.8 Å². The predicted octanol–water partition coefficient (Wildman–Crippen LogP) is 5.08. The number of aromatic hydroxyl groups is 1. The van der Waals surface area contributed by atoms with E-state index in [9.17, 15) is 19.3 Å². The molecule has 10 nitrogen and oxygen atoms in total. The Labute approximate surface area is 222 Å². The van der Waals surface area contributed by atoms with Crippen molar-refractivity contribution in [3.05, 3.63) is 64.2 Å². The van der Waals surface area contributed by atoms with Gasteiger partial charge in [0, 0.05) is 11.1 Å². The molecule has 0 spiro atoms. The van der Waals surface area contributed by atoms with Crippen LogP contribution in [0.5, 0.6) is 17.2 Å². The summed E-state index contributed by atoms with van der Waals surface area (Å²) in [5, 5.41) is 10.8. The summed E-state index contributed by atoms with van der Waals surface area (Å²) in [5.74, 6) is -0.623. The van der Waals surface area contributed by atoms with Crippen LogP contribution in [-0.2, 0) is 41.1 Å². The van der Waals surface area contributed by atoms with Gasteiger partial charge in [0.2, 0.25) is 0 Å². The quantitative estimate of drug-likeness (QED) is 0.206. The highest BCUT2D eigenvalue weighted by atomic mass is 31.2. The van der Waals surface area contributed by atoms with Crippen molar-refractivity contribution in [2.75, 3.05) is 26.7 Å². The second-order valence-corrected chi connectivity index (χ2v) is 10.5. The minimum absolute atomic E-state index is 0.0638. The molecule has 1 aliphatic rings. The van der Waals surface area contributed by atoms with Gasteiger partial charge in [0.15, 0.2) is 12.5 Å². The van der Waals surface area contributed by atoms with Gasteiger partial charge in [-0.25, -0.2) is 14.2 Å². The molecule has 3 rings (SSSR count). The van der Waals surface area contributed by atoms with Crippen molar-refractivity contribution in [3.8, 4) is 17.2 Å². The molecule has 0 radical (unpaired) electrons. The van der Waals surface area contributed by atoms with Crippen LogP contribution in [0.3, 0.4) is 0 Å². The van der Waals surface area contributed by atoms with Crippen LogP contribution in [0, 0.1) is 6.92 Å². The fourth-order valence-electron chi connectivity index (χ4n) is 3.95. The van der Waals surface area contributed by atoms with E-state index in [4.69, 9.17) is 28.0 Å². The molecule has 38 heavy (non-hydrogen) atoms. The largest absolute Gasteiger partial charge is 0.507 e. The SMILES string of the molecule is CCOC(=O)C(C)OP(=O)(COC/C(C)=C/Cc1c(O)c2c(c(C)c1OC)COC2=O)Oc1ccccc1. The van der Waals surface area contributed by atoms with Crippen molar-refractivity contribution < 1.29 is 47.3 Å². The van der Waals surface area contributed by atoms with Crippen molar-refractivity contribution in [1.82, 2.24) is 0 Å². The first-order valence-corrected chi connectivity index (χ1v) is 13.8. The number of phenolic OH excluding ortho intramolecular Hbond substituents is 1. The number of para-hydroxylation sites is 1. The summed E-state index contributed by atoms with van der Waals surface area (Å²) in [7, 11) is -2.42. The molecular weight excluding hydrogens is 515 g/mol. The monoisotopic (exact) mass is 548 g/mol. The lowest BCUT2D eigenvalue weighted by atomic mass is 9.95. The smallest absolute Gasteiger partial charge is 0.405 e. The zero-order chi connectivity index (χ0) is 27.9. The number of phenols is 1. The van der Waals surface area contributed by atoms with Gasteiger partial charge >= 0.3 is 19.5 Å². The van der Waals surface area contributed by atoms with E-state index >= 15 is 0 Å². The standard InChI is InChI=1S/C27H33O10P/c1-6-34-26(29)19(4)36-38(31,37-20-10-8-7-9-11-20)16-33-14-17(2)12-13-21-24(28)23-22(15-35-27(23)30)18(3)25(21)32-5/h7-12,19,28H,6,13-16H2,1-5H3/b17-12+. The van der Waals surface area contributed by atoms with Crippen molar-refractivity contribution in [2.24, 2.45) is 0 Å². The fraction of sp³-hybridized carbons (Fsp3) is 0.407. The molecule has 0 saturated heterocycles. The molecule has 1 N–H and O–H groups in total. The Hall–Kier alpha value is -3.33. The molecule has 0 bridgehead atoms. The summed E-state index contributed by atoms with van der Waals surface area (Å²) >= 11 is 0. The van der Waals surface area contributed by atoms with Crippen LogP contribution >= 0.6 is 7.60 Å². The summed E-state index contributed by atoms with van der Waals surface area (Å²) in [6.07, 6.45) is 0.499. The maximum absolute atomic E-state index is 13.5. The van der Waals surface area contributed by atoms with Crippen LogP contribution in [0.25, 0.3) is 0 Å². The predicted molar refractivity (Wildman–Crippen MR) is 139 cm³/mol. The number of hydrogen-bond donors (Lipinski definition) is 1. The Morgan fingerprint density at radius 2 is 1.97 bits per heavy atom. The first-order valence-electron chi connectivity index (χ1n) is 12.1. The van der Waals surface area contributed by atoms with E-state index in [1.54, 1.807) is 50.3 Å². The molecule has 2 unspecified atom stereocenters. The normalized spacial score (nSPS) is 15.3. The Kier molecular flexibility index (Phi) is 9.96. The van der Waals surface area contributed by atoms with E-state index in [0.717, 1.165) is 11.1 Å². The highest BCUT2D eigenvalue weighted by Crippen LogP contribution is 2.49.